The summed E-state index contributed by atoms with van der Waals surface area (Å²) in [6.07, 6.45) is 3.24. The van der Waals surface area contributed by atoms with Gasteiger partial charge in [-0.15, -0.1) is 0 Å². The maximum atomic E-state index is 12.3. The van der Waals surface area contributed by atoms with Gasteiger partial charge in [0.05, 0.1) is 4.92 Å². The largest absolute Gasteiger partial charge is 0.378 e. The first-order valence-electron chi connectivity index (χ1n) is 8.53. The minimum absolute atomic E-state index is 0.00395. The minimum Gasteiger partial charge on any atom is -0.378 e. The number of nitro groups is 1. The molecule has 0 aliphatic carbocycles. The number of para-hydroxylation sites is 2. The molecule has 3 N–H and O–H groups in total. The lowest BCUT2D eigenvalue weighted by molar-refractivity contribution is -0.384. The SMILES string of the molecule is O=C(NCCNc1ccccc1[N+](=O)[O-])c1cccc(Nc2ncccn2)c1. The fraction of sp³-hybridized carbons (Fsp3) is 0.105. The van der Waals surface area contributed by atoms with Crippen LogP contribution in [0, 0.1) is 10.1 Å². The zero-order chi connectivity index (χ0) is 19.8. The molecule has 9 nitrogen and oxygen atoms in total. The van der Waals surface area contributed by atoms with Gasteiger partial charge in [0.2, 0.25) is 5.95 Å². The van der Waals surface area contributed by atoms with Crippen molar-refractivity contribution in [3.05, 3.63) is 82.7 Å². The van der Waals surface area contributed by atoms with Gasteiger partial charge in [0.25, 0.3) is 11.6 Å². The monoisotopic (exact) mass is 378 g/mol. The second kappa shape index (κ2) is 9.08. The number of hydrogen-bond donors (Lipinski definition) is 3. The van der Waals surface area contributed by atoms with Crippen molar-refractivity contribution in [1.29, 1.82) is 0 Å². The number of nitrogens with one attached hydrogen (secondary N) is 3. The van der Waals surface area contributed by atoms with E-state index in [4.69, 9.17) is 0 Å². The fourth-order valence-corrected chi connectivity index (χ4v) is 2.49. The standard InChI is InChI=1S/C19H18N6O3/c26-18(21-12-11-20-16-7-1-2-8-17(16)25(27)28)14-5-3-6-15(13-14)24-19-22-9-4-10-23-19/h1-10,13,20H,11-12H2,(H,21,26)(H,22,23,24). The van der Waals surface area contributed by atoms with Crippen LogP contribution < -0.4 is 16.0 Å². The lowest BCUT2D eigenvalue weighted by atomic mass is 10.2. The Morgan fingerprint density at radius 2 is 1.79 bits per heavy atom. The number of carbonyl (C=O) groups is 1. The number of anilines is 3. The second-order valence-corrected chi connectivity index (χ2v) is 5.74. The average Bonchev–Trinajstić information content (AvgIpc) is 2.72. The summed E-state index contributed by atoms with van der Waals surface area (Å²) in [4.78, 5) is 31.0. The molecule has 0 radical (unpaired) electrons. The Kier molecular flexibility index (Phi) is 6.09. The van der Waals surface area contributed by atoms with Crippen LogP contribution in [-0.2, 0) is 0 Å². The topological polar surface area (TPSA) is 122 Å². The third-order valence-corrected chi connectivity index (χ3v) is 3.77. The normalized spacial score (nSPS) is 10.1. The van der Waals surface area contributed by atoms with Gasteiger partial charge in [-0.3, -0.25) is 14.9 Å². The molecule has 142 valence electrons. The predicted molar refractivity (Wildman–Crippen MR) is 106 cm³/mol. The number of nitro benzene ring substituents is 1. The molecule has 0 spiro atoms. The number of nitrogens with zero attached hydrogens (tertiary/aromatic N) is 3. The first-order chi connectivity index (χ1) is 13.6. The number of rotatable bonds is 8. The summed E-state index contributed by atoms with van der Waals surface area (Å²) in [5, 5.41) is 19.8. The van der Waals surface area contributed by atoms with Crippen LogP contribution in [-0.4, -0.2) is 33.9 Å². The van der Waals surface area contributed by atoms with Crippen LogP contribution in [0.5, 0.6) is 0 Å². The first kappa shape index (κ1) is 18.8. The van der Waals surface area contributed by atoms with Crippen LogP contribution in [0.15, 0.2) is 67.0 Å². The number of aromatic nitrogens is 2. The van der Waals surface area contributed by atoms with E-state index in [0.717, 1.165) is 0 Å². The predicted octanol–water partition coefficient (Wildman–Crippen LogP) is 2.97. The molecule has 2 aromatic carbocycles. The van der Waals surface area contributed by atoms with Crippen LogP contribution >= 0.6 is 0 Å². The van der Waals surface area contributed by atoms with Gasteiger partial charge in [0, 0.05) is 42.8 Å². The van der Waals surface area contributed by atoms with Gasteiger partial charge in [0.1, 0.15) is 5.69 Å². The maximum Gasteiger partial charge on any atom is 0.292 e. The van der Waals surface area contributed by atoms with Gasteiger partial charge < -0.3 is 16.0 Å². The third-order valence-electron chi connectivity index (χ3n) is 3.77. The van der Waals surface area contributed by atoms with E-state index in [1.807, 2.05) is 6.07 Å². The average molecular weight is 378 g/mol. The zero-order valence-electron chi connectivity index (χ0n) is 14.8. The highest BCUT2D eigenvalue weighted by molar-refractivity contribution is 5.95. The molecule has 1 aromatic heterocycles. The third kappa shape index (κ3) is 5.01. The molecule has 0 saturated heterocycles. The van der Waals surface area contributed by atoms with Crippen molar-refractivity contribution in [3.8, 4) is 0 Å². The molecule has 0 saturated carbocycles. The van der Waals surface area contributed by atoms with E-state index < -0.39 is 4.92 Å². The Bertz CT molecular complexity index is 965. The van der Waals surface area contributed by atoms with E-state index in [-0.39, 0.29) is 11.6 Å². The summed E-state index contributed by atoms with van der Waals surface area (Å²) in [7, 11) is 0. The van der Waals surface area contributed by atoms with E-state index in [1.165, 1.54) is 6.07 Å². The molecule has 9 heteroatoms. The Hall–Kier alpha value is -4.01. The lowest BCUT2D eigenvalue weighted by Crippen LogP contribution is -2.28. The molecule has 0 fully saturated rings. The molecule has 1 amide bonds. The Morgan fingerprint density at radius 1 is 1.00 bits per heavy atom. The van der Waals surface area contributed by atoms with E-state index in [1.54, 1.807) is 54.9 Å². The molecule has 1 heterocycles. The summed E-state index contributed by atoms with van der Waals surface area (Å²) in [6, 6.07) is 15.0. The van der Waals surface area contributed by atoms with Gasteiger partial charge in [-0.25, -0.2) is 9.97 Å². The van der Waals surface area contributed by atoms with Gasteiger partial charge in [-0.2, -0.15) is 0 Å². The fourth-order valence-electron chi connectivity index (χ4n) is 2.49. The number of amides is 1. The summed E-state index contributed by atoms with van der Waals surface area (Å²) < 4.78 is 0. The molecular formula is C19H18N6O3. The van der Waals surface area contributed by atoms with Crippen LogP contribution in [0.25, 0.3) is 0 Å². The van der Waals surface area contributed by atoms with Gasteiger partial charge in [-0.05, 0) is 30.3 Å². The molecule has 28 heavy (non-hydrogen) atoms. The van der Waals surface area contributed by atoms with Gasteiger partial charge in [-0.1, -0.05) is 18.2 Å². The molecule has 3 aromatic rings. The van der Waals surface area contributed by atoms with Crippen molar-refractivity contribution < 1.29 is 9.72 Å². The minimum atomic E-state index is -0.449. The Morgan fingerprint density at radius 3 is 2.57 bits per heavy atom. The number of carbonyl (C=O) groups excluding carboxylic acids is 1. The van der Waals surface area contributed by atoms with Crippen molar-refractivity contribution in [1.82, 2.24) is 15.3 Å². The van der Waals surface area contributed by atoms with Crippen LogP contribution in [0.3, 0.4) is 0 Å². The highest BCUT2D eigenvalue weighted by Gasteiger charge is 2.11. The van der Waals surface area contributed by atoms with Crippen LogP contribution in [0.4, 0.5) is 23.0 Å². The molecule has 0 atom stereocenters. The summed E-state index contributed by atoms with van der Waals surface area (Å²) in [5.41, 5.74) is 1.58. The summed E-state index contributed by atoms with van der Waals surface area (Å²) in [6.45, 7) is 0.663. The van der Waals surface area contributed by atoms with Gasteiger partial charge in [0.15, 0.2) is 0 Å². The maximum absolute atomic E-state index is 12.3. The van der Waals surface area contributed by atoms with Crippen molar-refractivity contribution in [3.63, 3.8) is 0 Å². The molecule has 0 unspecified atom stereocenters. The van der Waals surface area contributed by atoms with E-state index in [2.05, 4.69) is 25.9 Å². The highest BCUT2D eigenvalue weighted by Crippen LogP contribution is 2.22. The van der Waals surface area contributed by atoms with Crippen molar-refractivity contribution >= 4 is 28.9 Å². The summed E-state index contributed by atoms with van der Waals surface area (Å²) in [5.74, 6) is 0.190. The number of benzene rings is 2. The van der Waals surface area contributed by atoms with E-state index >= 15 is 0 Å². The summed E-state index contributed by atoms with van der Waals surface area (Å²) >= 11 is 0. The quantitative estimate of drug-likeness (QED) is 0.313. The molecular weight excluding hydrogens is 360 g/mol. The molecule has 0 aliphatic heterocycles. The van der Waals surface area contributed by atoms with Crippen molar-refractivity contribution in [2.24, 2.45) is 0 Å². The molecule has 0 aliphatic rings. The van der Waals surface area contributed by atoms with Crippen molar-refractivity contribution in [2.45, 2.75) is 0 Å². The highest BCUT2D eigenvalue weighted by atomic mass is 16.6. The Labute approximate surface area is 161 Å². The van der Waals surface area contributed by atoms with E-state index in [0.29, 0.717) is 36.0 Å². The molecule has 0 bridgehead atoms. The van der Waals surface area contributed by atoms with E-state index in [9.17, 15) is 14.9 Å². The smallest absolute Gasteiger partial charge is 0.292 e. The zero-order valence-corrected chi connectivity index (χ0v) is 14.8. The first-order valence-corrected chi connectivity index (χ1v) is 8.53. The Balaban J connectivity index is 1.53. The van der Waals surface area contributed by atoms with Crippen LogP contribution in [0.2, 0.25) is 0 Å². The van der Waals surface area contributed by atoms with Crippen molar-refractivity contribution in [2.75, 3.05) is 23.7 Å². The lowest BCUT2D eigenvalue weighted by Gasteiger charge is -2.09. The van der Waals surface area contributed by atoms with Gasteiger partial charge >= 0.3 is 0 Å². The molecule has 3 rings (SSSR count). The second-order valence-electron chi connectivity index (χ2n) is 5.74. The van der Waals surface area contributed by atoms with Crippen LogP contribution in [0.1, 0.15) is 10.4 Å². The number of hydrogen-bond acceptors (Lipinski definition) is 7.